The number of nitrogens with zero attached hydrogens (tertiary/aromatic N) is 2. The van der Waals surface area contributed by atoms with E-state index in [0.717, 1.165) is 25.3 Å². The Morgan fingerprint density at radius 3 is 2.81 bits per heavy atom. The maximum Gasteiger partial charge on any atom is 0.128 e. The Morgan fingerprint density at radius 1 is 1.44 bits per heavy atom. The standard InChI is InChI=1S/C13H23N3/c1-11(2)16(4)10-6-9-15-13-12(3)7-5-8-14-13/h5,7-8,11H,6,9-10H2,1-4H3,(H,14,15). The van der Waals surface area contributed by atoms with Crippen LogP contribution >= 0.6 is 0 Å². The number of rotatable bonds is 6. The van der Waals surface area contributed by atoms with Gasteiger partial charge < -0.3 is 10.2 Å². The first-order valence-electron chi connectivity index (χ1n) is 5.97. The van der Waals surface area contributed by atoms with Crippen molar-refractivity contribution in [3.8, 4) is 0 Å². The lowest BCUT2D eigenvalue weighted by Crippen LogP contribution is -2.28. The predicted molar refractivity (Wildman–Crippen MR) is 69.8 cm³/mol. The van der Waals surface area contributed by atoms with Crippen molar-refractivity contribution in [1.29, 1.82) is 0 Å². The van der Waals surface area contributed by atoms with E-state index in [4.69, 9.17) is 0 Å². The van der Waals surface area contributed by atoms with Gasteiger partial charge in [-0.2, -0.15) is 0 Å². The molecule has 90 valence electrons. The van der Waals surface area contributed by atoms with Gasteiger partial charge in [-0.3, -0.25) is 0 Å². The molecule has 1 aromatic rings. The first-order chi connectivity index (χ1) is 7.61. The van der Waals surface area contributed by atoms with Crippen LogP contribution in [0.5, 0.6) is 0 Å². The molecule has 0 fully saturated rings. The fraction of sp³-hybridized carbons (Fsp3) is 0.615. The van der Waals surface area contributed by atoms with Crippen LogP contribution in [0.3, 0.4) is 0 Å². The van der Waals surface area contributed by atoms with Crippen LogP contribution < -0.4 is 5.32 Å². The van der Waals surface area contributed by atoms with Gasteiger partial charge in [0.05, 0.1) is 0 Å². The molecule has 0 saturated carbocycles. The lowest BCUT2D eigenvalue weighted by atomic mass is 10.3. The van der Waals surface area contributed by atoms with Crippen molar-refractivity contribution in [3.05, 3.63) is 23.9 Å². The quantitative estimate of drug-likeness (QED) is 0.748. The fourth-order valence-corrected chi connectivity index (χ4v) is 1.46. The lowest BCUT2D eigenvalue weighted by molar-refractivity contribution is 0.273. The maximum absolute atomic E-state index is 4.31. The minimum Gasteiger partial charge on any atom is -0.370 e. The van der Waals surface area contributed by atoms with Crippen LogP contribution in [0.4, 0.5) is 5.82 Å². The van der Waals surface area contributed by atoms with E-state index in [-0.39, 0.29) is 0 Å². The molecule has 0 spiro atoms. The fourth-order valence-electron chi connectivity index (χ4n) is 1.46. The average Bonchev–Trinajstić information content (AvgIpc) is 2.26. The molecule has 3 heteroatoms. The molecule has 1 heterocycles. The summed E-state index contributed by atoms with van der Waals surface area (Å²) in [4.78, 5) is 6.66. The summed E-state index contributed by atoms with van der Waals surface area (Å²) in [5.74, 6) is 1.01. The van der Waals surface area contributed by atoms with Crippen LogP contribution in [0.1, 0.15) is 25.8 Å². The molecule has 0 saturated heterocycles. The van der Waals surface area contributed by atoms with Crippen molar-refractivity contribution in [1.82, 2.24) is 9.88 Å². The first kappa shape index (κ1) is 13.0. The van der Waals surface area contributed by atoms with E-state index < -0.39 is 0 Å². The Labute approximate surface area is 98.9 Å². The lowest BCUT2D eigenvalue weighted by Gasteiger charge is -2.20. The van der Waals surface area contributed by atoms with E-state index in [2.05, 4.69) is 49.1 Å². The SMILES string of the molecule is Cc1cccnc1NCCCN(C)C(C)C. The molecule has 1 aromatic heterocycles. The Bertz CT molecular complexity index is 310. The molecule has 0 aromatic carbocycles. The first-order valence-corrected chi connectivity index (χ1v) is 5.97. The highest BCUT2D eigenvalue weighted by Crippen LogP contribution is 2.08. The zero-order valence-corrected chi connectivity index (χ0v) is 10.8. The number of aromatic nitrogens is 1. The van der Waals surface area contributed by atoms with Crippen LogP contribution in [0.25, 0.3) is 0 Å². The number of anilines is 1. The molecule has 1 N–H and O–H groups in total. The van der Waals surface area contributed by atoms with Crippen LogP contribution in [-0.4, -0.2) is 36.1 Å². The highest BCUT2D eigenvalue weighted by molar-refractivity contribution is 5.42. The Balaban J connectivity index is 2.24. The summed E-state index contributed by atoms with van der Waals surface area (Å²) in [5, 5.41) is 3.37. The van der Waals surface area contributed by atoms with Gasteiger partial charge >= 0.3 is 0 Å². The summed E-state index contributed by atoms with van der Waals surface area (Å²) in [7, 11) is 2.16. The van der Waals surface area contributed by atoms with E-state index in [0.29, 0.717) is 6.04 Å². The number of hydrogen-bond acceptors (Lipinski definition) is 3. The third-order valence-electron chi connectivity index (χ3n) is 2.87. The molecule has 0 atom stereocenters. The molecule has 0 unspecified atom stereocenters. The molecule has 0 aliphatic carbocycles. The van der Waals surface area contributed by atoms with E-state index in [1.807, 2.05) is 12.3 Å². The van der Waals surface area contributed by atoms with Gasteiger partial charge in [-0.15, -0.1) is 0 Å². The van der Waals surface area contributed by atoms with Crippen LogP contribution in [0, 0.1) is 6.92 Å². The van der Waals surface area contributed by atoms with Gasteiger partial charge in [0.25, 0.3) is 0 Å². The Morgan fingerprint density at radius 2 is 2.19 bits per heavy atom. The normalized spacial score (nSPS) is 11.1. The summed E-state index contributed by atoms with van der Waals surface area (Å²) in [5.41, 5.74) is 1.21. The van der Waals surface area contributed by atoms with E-state index >= 15 is 0 Å². The van der Waals surface area contributed by atoms with Crippen molar-refractivity contribution < 1.29 is 0 Å². The summed E-state index contributed by atoms with van der Waals surface area (Å²) in [6.07, 6.45) is 2.97. The zero-order valence-electron chi connectivity index (χ0n) is 10.8. The highest BCUT2D eigenvalue weighted by atomic mass is 15.1. The van der Waals surface area contributed by atoms with Crippen LogP contribution in [-0.2, 0) is 0 Å². The number of hydrogen-bond donors (Lipinski definition) is 1. The molecule has 0 bridgehead atoms. The minimum absolute atomic E-state index is 0.622. The van der Waals surface area contributed by atoms with Crippen molar-refractivity contribution >= 4 is 5.82 Å². The number of pyridine rings is 1. The Kier molecular flexibility index (Phi) is 5.26. The van der Waals surface area contributed by atoms with Crippen molar-refractivity contribution in [2.75, 3.05) is 25.5 Å². The molecule has 16 heavy (non-hydrogen) atoms. The van der Waals surface area contributed by atoms with Crippen LogP contribution in [0.15, 0.2) is 18.3 Å². The van der Waals surface area contributed by atoms with Gasteiger partial charge in [-0.05, 0) is 52.4 Å². The maximum atomic E-state index is 4.31. The zero-order chi connectivity index (χ0) is 12.0. The van der Waals surface area contributed by atoms with Gasteiger partial charge in [-0.1, -0.05) is 6.07 Å². The average molecular weight is 221 g/mol. The van der Waals surface area contributed by atoms with E-state index in [1.165, 1.54) is 5.56 Å². The van der Waals surface area contributed by atoms with Gasteiger partial charge in [0.1, 0.15) is 5.82 Å². The van der Waals surface area contributed by atoms with Crippen molar-refractivity contribution in [2.24, 2.45) is 0 Å². The molecule has 3 nitrogen and oxygen atoms in total. The molecule has 0 amide bonds. The predicted octanol–water partition coefficient (Wildman–Crippen LogP) is 2.53. The van der Waals surface area contributed by atoms with E-state index in [1.54, 1.807) is 0 Å². The van der Waals surface area contributed by atoms with Gasteiger partial charge in [0.2, 0.25) is 0 Å². The van der Waals surface area contributed by atoms with E-state index in [9.17, 15) is 0 Å². The summed E-state index contributed by atoms with van der Waals surface area (Å²) < 4.78 is 0. The molecule has 1 rings (SSSR count). The molecule has 0 aliphatic rings. The van der Waals surface area contributed by atoms with Crippen molar-refractivity contribution in [2.45, 2.75) is 33.2 Å². The molecule has 0 aliphatic heterocycles. The number of aryl methyl sites for hydroxylation is 1. The second-order valence-corrected chi connectivity index (χ2v) is 4.52. The van der Waals surface area contributed by atoms with Gasteiger partial charge in [0, 0.05) is 18.8 Å². The summed E-state index contributed by atoms with van der Waals surface area (Å²) in [6, 6.07) is 4.67. The largest absolute Gasteiger partial charge is 0.370 e. The van der Waals surface area contributed by atoms with Gasteiger partial charge in [0.15, 0.2) is 0 Å². The number of nitrogens with one attached hydrogen (secondary N) is 1. The molecular weight excluding hydrogens is 198 g/mol. The third kappa shape index (κ3) is 4.19. The summed E-state index contributed by atoms with van der Waals surface area (Å²) >= 11 is 0. The smallest absolute Gasteiger partial charge is 0.128 e. The topological polar surface area (TPSA) is 28.2 Å². The van der Waals surface area contributed by atoms with Crippen molar-refractivity contribution in [3.63, 3.8) is 0 Å². The molecule has 0 radical (unpaired) electrons. The Hall–Kier alpha value is -1.09. The highest BCUT2D eigenvalue weighted by Gasteiger charge is 2.02. The monoisotopic (exact) mass is 221 g/mol. The van der Waals surface area contributed by atoms with Crippen LogP contribution in [0.2, 0.25) is 0 Å². The third-order valence-corrected chi connectivity index (χ3v) is 2.87. The van der Waals surface area contributed by atoms with Gasteiger partial charge in [-0.25, -0.2) is 4.98 Å². The summed E-state index contributed by atoms with van der Waals surface area (Å²) in [6.45, 7) is 8.62. The minimum atomic E-state index is 0.622. The second-order valence-electron chi connectivity index (χ2n) is 4.52. The second kappa shape index (κ2) is 6.48. The molecular formula is C13H23N3.